The van der Waals surface area contributed by atoms with Crippen molar-refractivity contribution >= 4 is 59.5 Å². The molecule has 0 aromatic heterocycles. The van der Waals surface area contributed by atoms with E-state index in [-0.39, 0.29) is 35.7 Å². The summed E-state index contributed by atoms with van der Waals surface area (Å²) in [5.74, 6) is -0.272. The van der Waals surface area contributed by atoms with Crippen LogP contribution in [0.2, 0.25) is 0 Å². The van der Waals surface area contributed by atoms with E-state index in [9.17, 15) is 0 Å². The highest BCUT2D eigenvalue weighted by molar-refractivity contribution is 7.80. The van der Waals surface area contributed by atoms with Gasteiger partial charge in [-0.15, -0.1) is 0 Å². The Morgan fingerprint density at radius 2 is 0.750 bits per heavy atom. The first-order valence-corrected chi connectivity index (χ1v) is 23.7. The van der Waals surface area contributed by atoms with E-state index in [1.807, 2.05) is 60.7 Å². The molecular formula is C54H46N2O2P2. The number of carbonyl (C=O) groups is 2. The molecule has 6 heteroatoms. The van der Waals surface area contributed by atoms with Crippen LogP contribution in [0.15, 0.2) is 216 Å². The SMILES string of the molecule is O=C(N[C@@H]1C2C3=C(CCC=C3)C(C3=C2C=CCC3)[C@H]1NC(=O)c1ccccc1P(c1ccccc1)c1ccccc1)c1ccccc1P(c1ccccc1)c1ccccc1. The van der Waals surface area contributed by atoms with E-state index in [0.29, 0.717) is 11.1 Å². The molecule has 0 heterocycles. The maximum atomic E-state index is 15.2. The predicted molar refractivity (Wildman–Crippen MR) is 251 cm³/mol. The first-order chi connectivity index (χ1) is 29.7. The van der Waals surface area contributed by atoms with E-state index in [0.717, 1.165) is 36.3 Å². The zero-order valence-corrected chi connectivity index (χ0v) is 35.1. The molecule has 4 nitrogen and oxygen atoms in total. The van der Waals surface area contributed by atoms with Crippen molar-refractivity contribution in [1.82, 2.24) is 10.6 Å². The van der Waals surface area contributed by atoms with Crippen LogP contribution in [-0.2, 0) is 0 Å². The van der Waals surface area contributed by atoms with E-state index in [2.05, 4.69) is 144 Å². The summed E-state index contributed by atoms with van der Waals surface area (Å²) < 4.78 is 0. The standard InChI is InChI=1S/C54H46N2O2P2/c57-53(45-33-17-19-35-47(45)59(37-21-5-1-6-22-37)38-23-7-2-8-24-38)55-51-49-41-29-13-15-31-43(41)50(44-32-16-14-30-42(44)49)52(51)56-54(58)46-34-18-20-36-48(46)60(39-25-9-3-10-26-39)40-27-11-4-12-28-40/h1-14,17-30,33-36,49-52H,15-16,31-32H2,(H,55,57)(H,56,58)/t49?,50?,51-,52-/m1/s1. The molecule has 6 aromatic carbocycles. The van der Waals surface area contributed by atoms with Crippen LogP contribution in [-0.4, -0.2) is 23.9 Å². The van der Waals surface area contributed by atoms with E-state index in [4.69, 9.17) is 0 Å². The van der Waals surface area contributed by atoms with E-state index >= 15 is 9.59 Å². The fourth-order valence-electron chi connectivity index (χ4n) is 9.98. The minimum Gasteiger partial charge on any atom is -0.346 e. The van der Waals surface area contributed by atoms with Gasteiger partial charge in [0.15, 0.2) is 0 Å². The molecule has 60 heavy (non-hydrogen) atoms. The van der Waals surface area contributed by atoms with Gasteiger partial charge in [-0.3, -0.25) is 9.59 Å². The first-order valence-electron chi connectivity index (χ1n) is 21.0. The lowest BCUT2D eigenvalue weighted by atomic mass is 9.56. The average molecular weight is 817 g/mol. The lowest BCUT2D eigenvalue weighted by Gasteiger charge is -2.53. The van der Waals surface area contributed by atoms with Gasteiger partial charge in [0.05, 0.1) is 12.1 Å². The van der Waals surface area contributed by atoms with Crippen LogP contribution >= 0.6 is 15.8 Å². The van der Waals surface area contributed by atoms with Crippen molar-refractivity contribution in [2.45, 2.75) is 37.8 Å². The Morgan fingerprint density at radius 1 is 0.417 bits per heavy atom. The van der Waals surface area contributed by atoms with Crippen LogP contribution < -0.4 is 42.5 Å². The Labute approximate surface area is 355 Å². The monoisotopic (exact) mass is 816 g/mol. The molecule has 0 spiro atoms. The Hall–Kier alpha value is -5.92. The highest BCUT2D eigenvalue weighted by Gasteiger charge is 2.52. The predicted octanol–water partition coefficient (Wildman–Crippen LogP) is 8.65. The second-order valence-corrected chi connectivity index (χ2v) is 20.2. The van der Waals surface area contributed by atoms with Crippen LogP contribution in [0.5, 0.6) is 0 Å². The van der Waals surface area contributed by atoms with Gasteiger partial charge in [0.1, 0.15) is 0 Å². The quantitative estimate of drug-likeness (QED) is 0.136. The van der Waals surface area contributed by atoms with Gasteiger partial charge in [0, 0.05) is 23.0 Å². The summed E-state index contributed by atoms with van der Waals surface area (Å²) in [6.07, 6.45) is 13.1. The number of amides is 2. The lowest BCUT2D eigenvalue weighted by molar-refractivity contribution is 0.0839. The molecule has 5 aliphatic carbocycles. The minimum absolute atomic E-state index is 0.00192. The third kappa shape index (κ3) is 7.13. The molecule has 0 saturated carbocycles. The van der Waals surface area contributed by atoms with Crippen molar-refractivity contribution in [1.29, 1.82) is 0 Å². The summed E-state index contributed by atoms with van der Waals surface area (Å²) in [6, 6.07) is 57.7. The van der Waals surface area contributed by atoms with E-state index in [1.165, 1.54) is 43.5 Å². The molecule has 2 atom stereocenters. The normalized spacial score (nSPS) is 20.2. The Kier molecular flexibility index (Phi) is 10.8. The van der Waals surface area contributed by atoms with Gasteiger partial charge in [0.2, 0.25) is 0 Å². The lowest BCUT2D eigenvalue weighted by Crippen LogP contribution is -2.64. The Bertz CT molecular complexity index is 2550. The van der Waals surface area contributed by atoms with Gasteiger partial charge in [-0.05, 0) is 96.6 Å². The van der Waals surface area contributed by atoms with Crippen molar-refractivity contribution in [3.05, 3.63) is 228 Å². The zero-order chi connectivity index (χ0) is 40.4. The number of nitrogens with one attached hydrogen (secondary N) is 2. The minimum atomic E-state index is -1.03. The van der Waals surface area contributed by atoms with E-state index < -0.39 is 15.8 Å². The first kappa shape index (κ1) is 38.3. The molecule has 0 saturated heterocycles. The Balaban J connectivity index is 1.06. The highest BCUT2D eigenvalue weighted by Crippen LogP contribution is 2.54. The highest BCUT2D eigenvalue weighted by atomic mass is 31.1. The van der Waals surface area contributed by atoms with E-state index in [1.54, 1.807) is 0 Å². The molecule has 11 rings (SSSR count). The topological polar surface area (TPSA) is 58.2 Å². The van der Waals surface area contributed by atoms with Crippen LogP contribution in [0, 0.1) is 11.8 Å². The number of hydrogen-bond acceptors (Lipinski definition) is 2. The van der Waals surface area contributed by atoms with Crippen molar-refractivity contribution in [3.8, 4) is 0 Å². The number of allylic oxidation sites excluding steroid dienone is 4. The van der Waals surface area contributed by atoms with Crippen molar-refractivity contribution in [2.24, 2.45) is 11.8 Å². The van der Waals surface area contributed by atoms with Gasteiger partial charge >= 0.3 is 0 Å². The molecule has 0 unspecified atom stereocenters. The number of rotatable bonds is 10. The third-order valence-electron chi connectivity index (χ3n) is 12.5. The number of hydrogen-bond donors (Lipinski definition) is 2. The van der Waals surface area contributed by atoms with Crippen molar-refractivity contribution in [2.75, 3.05) is 0 Å². The molecule has 294 valence electrons. The summed E-state index contributed by atoms with van der Waals surface area (Å²) in [5, 5.41) is 14.1. The Morgan fingerprint density at radius 3 is 1.13 bits per heavy atom. The fraction of sp³-hybridized carbons (Fsp3) is 0.148. The van der Waals surface area contributed by atoms with Gasteiger partial charge < -0.3 is 10.6 Å². The summed E-state index contributed by atoms with van der Waals surface area (Å²) in [4.78, 5) is 30.4. The van der Waals surface area contributed by atoms with Crippen LogP contribution in [0.25, 0.3) is 0 Å². The fourth-order valence-corrected chi connectivity index (χ4v) is 14.9. The summed E-state index contributed by atoms with van der Waals surface area (Å²) in [6.45, 7) is 0. The second kappa shape index (κ2) is 17.0. The third-order valence-corrected chi connectivity index (χ3v) is 17.5. The maximum absolute atomic E-state index is 15.2. The van der Waals surface area contributed by atoms with Gasteiger partial charge in [-0.25, -0.2) is 0 Å². The van der Waals surface area contributed by atoms with Gasteiger partial charge in [-0.1, -0.05) is 193 Å². The zero-order valence-electron chi connectivity index (χ0n) is 33.3. The molecule has 0 radical (unpaired) electrons. The number of carbonyl (C=O) groups excluding carboxylic acids is 2. The van der Waals surface area contributed by atoms with Crippen molar-refractivity contribution < 1.29 is 9.59 Å². The van der Waals surface area contributed by atoms with Crippen molar-refractivity contribution in [3.63, 3.8) is 0 Å². The summed E-state index contributed by atoms with van der Waals surface area (Å²) in [7, 11) is -2.05. The second-order valence-electron chi connectivity index (χ2n) is 15.8. The van der Waals surface area contributed by atoms with Crippen LogP contribution in [0.4, 0.5) is 0 Å². The molecule has 2 amide bonds. The molecule has 5 aliphatic rings. The number of fused-ring (bicyclic) bond motifs is 1. The van der Waals surface area contributed by atoms with Gasteiger partial charge in [-0.2, -0.15) is 0 Å². The largest absolute Gasteiger partial charge is 0.346 e. The van der Waals surface area contributed by atoms with Crippen LogP contribution in [0.1, 0.15) is 46.4 Å². The smallest absolute Gasteiger partial charge is 0.252 e. The number of benzene rings is 6. The molecule has 0 fully saturated rings. The average Bonchev–Trinajstić information content (AvgIpc) is 3.31. The molecule has 0 aliphatic heterocycles. The maximum Gasteiger partial charge on any atom is 0.252 e. The molecule has 2 N–H and O–H groups in total. The summed E-state index contributed by atoms with van der Waals surface area (Å²) in [5.41, 5.74) is 6.83. The van der Waals surface area contributed by atoms with Crippen LogP contribution in [0.3, 0.4) is 0 Å². The summed E-state index contributed by atoms with van der Waals surface area (Å²) >= 11 is 0. The molecular weight excluding hydrogens is 771 g/mol. The van der Waals surface area contributed by atoms with Gasteiger partial charge in [0.25, 0.3) is 11.8 Å². The molecule has 2 bridgehead atoms. The molecule has 6 aromatic rings.